The first-order chi connectivity index (χ1) is 4.66. The second-order valence-electron chi connectivity index (χ2n) is 2.24. The topological polar surface area (TPSA) is 29.4 Å². The van der Waals surface area contributed by atoms with Crippen molar-refractivity contribution in [1.29, 1.82) is 0 Å². The van der Waals surface area contributed by atoms with Crippen molar-refractivity contribution in [3.63, 3.8) is 0 Å². The number of carbonyl (C=O) groups excluding carboxylic acids is 1. The Balaban J connectivity index is 3.52. The molecule has 0 fully saturated rings. The summed E-state index contributed by atoms with van der Waals surface area (Å²) in [7, 11) is 0. The van der Waals surface area contributed by atoms with Gasteiger partial charge in [-0.1, -0.05) is 6.08 Å². The molecule has 0 N–H and O–H groups in total. The second kappa shape index (κ2) is 4.91. The third-order valence-corrected chi connectivity index (χ3v) is 1.19. The molecular weight excluding hydrogens is 126 g/mol. The Bertz CT molecular complexity index is 159. The molecule has 0 atom stereocenters. The van der Waals surface area contributed by atoms with Gasteiger partial charge in [0.1, 0.15) is 5.78 Å². The lowest BCUT2D eigenvalue weighted by Crippen LogP contribution is -1.86. The van der Waals surface area contributed by atoms with Crippen molar-refractivity contribution in [3.05, 3.63) is 11.8 Å². The molecule has 0 aromatic rings. The van der Waals surface area contributed by atoms with Crippen molar-refractivity contribution in [2.75, 3.05) is 0 Å². The van der Waals surface area contributed by atoms with Crippen LogP contribution in [0.4, 0.5) is 0 Å². The van der Waals surface area contributed by atoms with Gasteiger partial charge in [-0.05, 0) is 27.0 Å². The number of hydrogen-bond acceptors (Lipinski definition) is 2. The van der Waals surface area contributed by atoms with E-state index in [-0.39, 0.29) is 5.78 Å². The Morgan fingerprint density at radius 2 is 2.20 bits per heavy atom. The molecule has 2 heteroatoms. The Morgan fingerprint density at radius 1 is 1.60 bits per heavy atom. The molecule has 0 rings (SSSR count). The maximum Gasteiger partial charge on any atom is 0.130 e. The summed E-state index contributed by atoms with van der Waals surface area (Å²) in [6.07, 6.45) is 3.29. The zero-order chi connectivity index (χ0) is 7.98. The average Bonchev–Trinajstić information content (AvgIpc) is 1.87. The highest BCUT2D eigenvalue weighted by molar-refractivity contribution is 5.75. The molecule has 0 radical (unpaired) electrons. The van der Waals surface area contributed by atoms with E-state index in [1.54, 1.807) is 6.92 Å². The highest BCUT2D eigenvalue weighted by Crippen LogP contribution is 1.98. The van der Waals surface area contributed by atoms with Gasteiger partial charge < -0.3 is 4.79 Å². The molecule has 0 aromatic carbocycles. The van der Waals surface area contributed by atoms with Crippen molar-refractivity contribution in [3.8, 4) is 0 Å². The molecule has 56 valence electrons. The quantitative estimate of drug-likeness (QED) is 0.547. The number of carbonyl (C=O) groups is 1. The van der Waals surface area contributed by atoms with Crippen molar-refractivity contribution in [2.24, 2.45) is 4.99 Å². The Hall–Kier alpha value is -0.920. The molecule has 0 unspecified atom stereocenters. The molecule has 0 aliphatic heterocycles. The maximum absolute atomic E-state index is 10.4. The Morgan fingerprint density at radius 3 is 2.60 bits per heavy atom. The van der Waals surface area contributed by atoms with Crippen LogP contribution in [0.3, 0.4) is 0 Å². The summed E-state index contributed by atoms with van der Waals surface area (Å²) < 4.78 is 0. The summed E-state index contributed by atoms with van der Waals surface area (Å²) in [5, 5.41) is 0. The first-order valence-corrected chi connectivity index (χ1v) is 3.29. The van der Waals surface area contributed by atoms with Crippen molar-refractivity contribution >= 4 is 12.5 Å². The van der Waals surface area contributed by atoms with Gasteiger partial charge in [0.05, 0.1) is 0 Å². The zero-order valence-electron chi connectivity index (χ0n) is 6.55. The molecular formula is C8H13NO. The summed E-state index contributed by atoms with van der Waals surface area (Å²) in [5.74, 6) is 0.216. The molecule has 0 aromatic heterocycles. The number of hydrogen-bond donors (Lipinski definition) is 0. The number of Topliss-reactive ketones (excluding diaryl/α,β-unsaturated/α-hetero) is 1. The van der Waals surface area contributed by atoms with E-state index in [9.17, 15) is 4.79 Å². The Kier molecular flexibility index (Phi) is 4.46. The third-order valence-electron chi connectivity index (χ3n) is 1.19. The van der Waals surface area contributed by atoms with E-state index >= 15 is 0 Å². The van der Waals surface area contributed by atoms with E-state index in [1.165, 1.54) is 0 Å². The summed E-state index contributed by atoms with van der Waals surface area (Å²) in [6.45, 7) is 6.81. The lowest BCUT2D eigenvalue weighted by molar-refractivity contribution is -0.116. The number of rotatable bonds is 4. The fourth-order valence-electron chi connectivity index (χ4n) is 0.549. The van der Waals surface area contributed by atoms with Crippen LogP contribution < -0.4 is 0 Å². The molecule has 0 aliphatic carbocycles. The minimum atomic E-state index is 0.216. The van der Waals surface area contributed by atoms with Crippen LogP contribution in [0.25, 0.3) is 0 Å². The molecule has 0 amide bonds. The molecule has 0 heterocycles. The van der Waals surface area contributed by atoms with Crippen LogP contribution in [-0.4, -0.2) is 12.5 Å². The van der Waals surface area contributed by atoms with Gasteiger partial charge in [0, 0.05) is 12.1 Å². The molecule has 0 saturated carbocycles. The van der Waals surface area contributed by atoms with Crippen LogP contribution in [0.15, 0.2) is 16.8 Å². The first-order valence-electron chi connectivity index (χ1n) is 3.29. The van der Waals surface area contributed by atoms with Gasteiger partial charge in [-0.25, -0.2) is 0 Å². The van der Waals surface area contributed by atoms with E-state index in [0.717, 1.165) is 12.1 Å². The fourth-order valence-corrected chi connectivity index (χ4v) is 0.549. The third kappa shape index (κ3) is 5.22. The predicted molar refractivity (Wildman–Crippen MR) is 43.2 cm³/mol. The van der Waals surface area contributed by atoms with Crippen LogP contribution in [0.5, 0.6) is 0 Å². The highest BCUT2D eigenvalue weighted by atomic mass is 16.1. The van der Waals surface area contributed by atoms with E-state index in [1.807, 2.05) is 13.0 Å². The number of ketones is 1. The van der Waals surface area contributed by atoms with Gasteiger partial charge in [-0.3, -0.25) is 4.99 Å². The van der Waals surface area contributed by atoms with Crippen molar-refractivity contribution in [2.45, 2.75) is 26.7 Å². The second-order valence-corrected chi connectivity index (χ2v) is 2.24. The number of aliphatic imine (C=N–C) groups is 1. The van der Waals surface area contributed by atoms with Gasteiger partial charge in [0.25, 0.3) is 0 Å². The van der Waals surface area contributed by atoms with E-state index < -0.39 is 0 Å². The number of nitrogens with zero attached hydrogens (tertiary/aromatic N) is 1. The normalized spacial score (nSPS) is 11.2. The SMILES string of the molecule is C=NC(C)=CCCC(C)=O. The highest BCUT2D eigenvalue weighted by Gasteiger charge is 1.89. The minimum absolute atomic E-state index is 0.216. The van der Waals surface area contributed by atoms with Gasteiger partial charge in [-0.2, -0.15) is 0 Å². The fraction of sp³-hybridized carbons (Fsp3) is 0.500. The first kappa shape index (κ1) is 9.08. The van der Waals surface area contributed by atoms with E-state index in [2.05, 4.69) is 11.7 Å². The van der Waals surface area contributed by atoms with Gasteiger partial charge in [0.2, 0.25) is 0 Å². The van der Waals surface area contributed by atoms with Crippen LogP contribution in [0, 0.1) is 0 Å². The zero-order valence-corrected chi connectivity index (χ0v) is 6.55. The smallest absolute Gasteiger partial charge is 0.130 e. The Labute approximate surface area is 61.7 Å². The molecule has 0 saturated heterocycles. The summed E-state index contributed by atoms with van der Waals surface area (Å²) >= 11 is 0. The largest absolute Gasteiger partial charge is 0.300 e. The maximum atomic E-state index is 10.4. The lowest BCUT2D eigenvalue weighted by Gasteiger charge is -1.90. The van der Waals surface area contributed by atoms with E-state index in [0.29, 0.717) is 6.42 Å². The molecule has 10 heavy (non-hydrogen) atoms. The van der Waals surface area contributed by atoms with E-state index in [4.69, 9.17) is 0 Å². The monoisotopic (exact) mass is 139 g/mol. The van der Waals surface area contributed by atoms with Gasteiger partial charge >= 0.3 is 0 Å². The lowest BCUT2D eigenvalue weighted by atomic mass is 10.2. The molecule has 0 spiro atoms. The van der Waals surface area contributed by atoms with Gasteiger partial charge in [0.15, 0.2) is 0 Å². The van der Waals surface area contributed by atoms with Crippen molar-refractivity contribution in [1.82, 2.24) is 0 Å². The summed E-state index contributed by atoms with van der Waals surface area (Å²) in [4.78, 5) is 14.1. The molecule has 0 bridgehead atoms. The van der Waals surface area contributed by atoms with Crippen molar-refractivity contribution < 1.29 is 4.79 Å². The molecule has 0 aliphatic rings. The molecule has 2 nitrogen and oxygen atoms in total. The summed E-state index contributed by atoms with van der Waals surface area (Å²) in [5.41, 5.74) is 0.890. The predicted octanol–water partition coefficient (Wildman–Crippen LogP) is 1.96. The van der Waals surface area contributed by atoms with Crippen LogP contribution in [0.1, 0.15) is 26.7 Å². The van der Waals surface area contributed by atoms with Gasteiger partial charge in [-0.15, -0.1) is 0 Å². The number of allylic oxidation sites excluding steroid dienone is 2. The van der Waals surface area contributed by atoms with Crippen LogP contribution in [-0.2, 0) is 4.79 Å². The van der Waals surface area contributed by atoms with Crippen LogP contribution in [0.2, 0.25) is 0 Å². The minimum Gasteiger partial charge on any atom is -0.300 e. The summed E-state index contributed by atoms with van der Waals surface area (Å²) in [6, 6.07) is 0. The average molecular weight is 139 g/mol. The standard InChI is InChI=1S/C8H13NO/c1-7(9-3)5-4-6-8(2)10/h5H,3-4,6H2,1-2H3. The van der Waals surface area contributed by atoms with Crippen LogP contribution >= 0.6 is 0 Å².